The average molecular weight is 313 g/mol. The first-order chi connectivity index (χ1) is 11.1. The van der Waals surface area contributed by atoms with Crippen LogP contribution in [0.2, 0.25) is 0 Å². The third-order valence-corrected chi connectivity index (χ3v) is 3.91. The van der Waals surface area contributed by atoms with Gasteiger partial charge < -0.3 is 16.0 Å². The molecule has 0 saturated heterocycles. The number of aliphatic imine (C=N–C) groups is 1. The average Bonchev–Trinajstić information content (AvgIpc) is 2.57. The quantitative estimate of drug-likeness (QED) is 0.436. The van der Waals surface area contributed by atoms with Gasteiger partial charge in [-0.1, -0.05) is 32.0 Å². The lowest BCUT2D eigenvalue weighted by Gasteiger charge is -2.20. The second-order valence-corrected chi connectivity index (χ2v) is 5.99. The van der Waals surface area contributed by atoms with E-state index in [1.807, 2.05) is 24.3 Å². The standard InChI is InChI=1S/C18H27N5/c1-13(2)14(3)22-18(19-4)21-12-11-20-17-10-9-15-7-5-6-8-16(15)23-17/h5-10,13-14H,11-12H2,1-4H3,(H,20,23)(H2,19,21,22). The van der Waals surface area contributed by atoms with Crippen molar-refractivity contribution < 1.29 is 0 Å². The summed E-state index contributed by atoms with van der Waals surface area (Å²) in [5.41, 5.74) is 1.01. The van der Waals surface area contributed by atoms with E-state index in [1.165, 1.54) is 0 Å². The van der Waals surface area contributed by atoms with Gasteiger partial charge in [0.15, 0.2) is 5.96 Å². The van der Waals surface area contributed by atoms with Crippen molar-refractivity contribution in [1.82, 2.24) is 15.6 Å². The highest BCUT2D eigenvalue weighted by Gasteiger charge is 2.08. The highest BCUT2D eigenvalue weighted by Crippen LogP contribution is 2.14. The van der Waals surface area contributed by atoms with Gasteiger partial charge in [-0.05, 0) is 31.0 Å². The van der Waals surface area contributed by atoms with E-state index in [9.17, 15) is 0 Å². The molecule has 0 fully saturated rings. The molecule has 2 aromatic rings. The molecule has 0 saturated carbocycles. The lowest BCUT2D eigenvalue weighted by atomic mass is 10.1. The minimum absolute atomic E-state index is 0.385. The van der Waals surface area contributed by atoms with Gasteiger partial charge in [0.1, 0.15) is 5.82 Å². The van der Waals surface area contributed by atoms with E-state index in [2.05, 4.69) is 58.8 Å². The molecule has 1 aromatic carbocycles. The molecule has 1 aromatic heterocycles. The maximum Gasteiger partial charge on any atom is 0.191 e. The van der Waals surface area contributed by atoms with Gasteiger partial charge in [-0.25, -0.2) is 4.98 Å². The van der Waals surface area contributed by atoms with E-state index >= 15 is 0 Å². The predicted octanol–water partition coefficient (Wildman–Crippen LogP) is 2.86. The van der Waals surface area contributed by atoms with Gasteiger partial charge in [-0.15, -0.1) is 0 Å². The number of pyridine rings is 1. The Labute approximate surface area is 138 Å². The molecule has 1 heterocycles. The second kappa shape index (κ2) is 8.36. The number of rotatable bonds is 6. The van der Waals surface area contributed by atoms with Crippen molar-refractivity contribution in [2.75, 3.05) is 25.5 Å². The van der Waals surface area contributed by atoms with Crippen molar-refractivity contribution in [3.05, 3.63) is 36.4 Å². The van der Waals surface area contributed by atoms with Crippen LogP contribution in [0.5, 0.6) is 0 Å². The molecule has 0 aliphatic rings. The van der Waals surface area contributed by atoms with Crippen LogP contribution in [0.4, 0.5) is 5.82 Å². The van der Waals surface area contributed by atoms with Crippen LogP contribution in [0.1, 0.15) is 20.8 Å². The number of fused-ring (bicyclic) bond motifs is 1. The molecule has 124 valence electrons. The van der Waals surface area contributed by atoms with Gasteiger partial charge in [0.25, 0.3) is 0 Å². The molecule has 23 heavy (non-hydrogen) atoms. The smallest absolute Gasteiger partial charge is 0.191 e. The van der Waals surface area contributed by atoms with Crippen molar-refractivity contribution in [3.63, 3.8) is 0 Å². The molecular formula is C18H27N5. The lowest BCUT2D eigenvalue weighted by molar-refractivity contribution is 0.481. The van der Waals surface area contributed by atoms with Gasteiger partial charge in [0.05, 0.1) is 5.52 Å². The molecule has 5 nitrogen and oxygen atoms in total. The Bertz CT molecular complexity index is 651. The highest BCUT2D eigenvalue weighted by molar-refractivity contribution is 5.80. The maximum atomic E-state index is 4.60. The third kappa shape index (κ3) is 5.13. The molecule has 0 amide bonds. The van der Waals surface area contributed by atoms with Gasteiger partial charge in [-0.2, -0.15) is 0 Å². The first-order valence-electron chi connectivity index (χ1n) is 8.17. The summed E-state index contributed by atoms with van der Waals surface area (Å²) in [4.78, 5) is 8.85. The molecule has 0 bridgehead atoms. The Hall–Kier alpha value is -2.30. The van der Waals surface area contributed by atoms with Crippen molar-refractivity contribution in [3.8, 4) is 0 Å². The van der Waals surface area contributed by atoms with Gasteiger partial charge in [-0.3, -0.25) is 4.99 Å². The van der Waals surface area contributed by atoms with E-state index in [-0.39, 0.29) is 0 Å². The molecule has 3 N–H and O–H groups in total. The number of anilines is 1. The van der Waals surface area contributed by atoms with Crippen molar-refractivity contribution in [2.45, 2.75) is 26.8 Å². The Balaban J connectivity index is 1.79. The molecule has 0 spiro atoms. The summed E-state index contributed by atoms with van der Waals surface area (Å²) in [6.07, 6.45) is 0. The first kappa shape index (κ1) is 17.1. The van der Waals surface area contributed by atoms with Crippen LogP contribution in [0.3, 0.4) is 0 Å². The second-order valence-electron chi connectivity index (χ2n) is 5.99. The molecule has 2 rings (SSSR count). The van der Waals surface area contributed by atoms with E-state index < -0.39 is 0 Å². The summed E-state index contributed by atoms with van der Waals surface area (Å²) >= 11 is 0. The van der Waals surface area contributed by atoms with Crippen LogP contribution >= 0.6 is 0 Å². The number of benzene rings is 1. The monoisotopic (exact) mass is 313 g/mol. The fourth-order valence-corrected chi connectivity index (χ4v) is 2.11. The Morgan fingerprint density at radius 3 is 2.61 bits per heavy atom. The summed E-state index contributed by atoms with van der Waals surface area (Å²) in [7, 11) is 1.79. The van der Waals surface area contributed by atoms with Gasteiger partial charge in [0, 0.05) is 31.6 Å². The number of nitrogens with one attached hydrogen (secondary N) is 3. The fourth-order valence-electron chi connectivity index (χ4n) is 2.11. The van der Waals surface area contributed by atoms with Gasteiger partial charge in [0.2, 0.25) is 0 Å². The predicted molar refractivity (Wildman–Crippen MR) is 99.0 cm³/mol. The first-order valence-corrected chi connectivity index (χ1v) is 8.17. The van der Waals surface area contributed by atoms with Crippen molar-refractivity contribution in [1.29, 1.82) is 0 Å². The molecular weight excluding hydrogens is 286 g/mol. The summed E-state index contributed by atoms with van der Waals surface area (Å²) < 4.78 is 0. The van der Waals surface area contributed by atoms with Crippen LogP contribution < -0.4 is 16.0 Å². The Kier molecular flexibility index (Phi) is 6.20. The molecule has 0 aliphatic heterocycles. The summed E-state index contributed by atoms with van der Waals surface area (Å²) in [5.74, 6) is 2.29. The highest BCUT2D eigenvalue weighted by atomic mass is 15.2. The summed E-state index contributed by atoms with van der Waals surface area (Å²) in [6.45, 7) is 8.10. The number of aromatic nitrogens is 1. The van der Waals surface area contributed by atoms with Crippen LogP contribution in [0, 0.1) is 5.92 Å². The zero-order chi connectivity index (χ0) is 16.7. The minimum Gasteiger partial charge on any atom is -0.368 e. The fraction of sp³-hybridized carbons (Fsp3) is 0.444. The van der Waals surface area contributed by atoms with E-state index in [1.54, 1.807) is 7.05 Å². The molecule has 0 radical (unpaired) electrons. The Morgan fingerprint density at radius 1 is 1.09 bits per heavy atom. The Morgan fingerprint density at radius 2 is 1.87 bits per heavy atom. The number of hydrogen-bond acceptors (Lipinski definition) is 3. The normalized spacial score (nSPS) is 13.2. The van der Waals surface area contributed by atoms with Gasteiger partial charge >= 0.3 is 0 Å². The summed E-state index contributed by atoms with van der Waals surface area (Å²) in [6, 6.07) is 12.6. The zero-order valence-electron chi connectivity index (χ0n) is 14.4. The van der Waals surface area contributed by atoms with Crippen LogP contribution in [0.15, 0.2) is 41.4 Å². The largest absolute Gasteiger partial charge is 0.368 e. The van der Waals surface area contributed by atoms with E-state index in [0.29, 0.717) is 12.0 Å². The SMILES string of the molecule is CN=C(NCCNc1ccc2ccccc2n1)NC(C)C(C)C. The third-order valence-electron chi connectivity index (χ3n) is 3.91. The van der Waals surface area contributed by atoms with Crippen LogP contribution in [-0.4, -0.2) is 37.1 Å². The molecule has 0 aliphatic carbocycles. The van der Waals surface area contributed by atoms with E-state index in [4.69, 9.17) is 0 Å². The molecule has 1 atom stereocenters. The number of guanidine groups is 1. The van der Waals surface area contributed by atoms with Crippen LogP contribution in [-0.2, 0) is 0 Å². The minimum atomic E-state index is 0.385. The van der Waals surface area contributed by atoms with Crippen molar-refractivity contribution in [2.24, 2.45) is 10.9 Å². The van der Waals surface area contributed by atoms with Crippen molar-refractivity contribution >= 4 is 22.7 Å². The summed E-state index contributed by atoms with van der Waals surface area (Å²) in [5, 5.41) is 11.2. The maximum absolute atomic E-state index is 4.60. The van der Waals surface area contributed by atoms with E-state index in [0.717, 1.165) is 35.8 Å². The van der Waals surface area contributed by atoms with Crippen LogP contribution in [0.25, 0.3) is 10.9 Å². The zero-order valence-corrected chi connectivity index (χ0v) is 14.4. The lowest BCUT2D eigenvalue weighted by Crippen LogP contribution is -2.45. The number of para-hydroxylation sites is 1. The topological polar surface area (TPSA) is 61.3 Å². The molecule has 1 unspecified atom stereocenters. The molecule has 5 heteroatoms. The number of nitrogens with zero attached hydrogens (tertiary/aromatic N) is 2. The number of hydrogen-bond donors (Lipinski definition) is 3.